The van der Waals surface area contributed by atoms with E-state index in [4.69, 9.17) is 4.74 Å². The fourth-order valence-corrected chi connectivity index (χ4v) is 2.67. The van der Waals surface area contributed by atoms with Crippen molar-refractivity contribution in [1.82, 2.24) is 14.9 Å². The van der Waals surface area contributed by atoms with E-state index in [-0.39, 0.29) is 0 Å². The Labute approximate surface area is 113 Å². The molecule has 0 saturated carbocycles. The lowest BCUT2D eigenvalue weighted by Crippen LogP contribution is -2.12. The molecule has 4 nitrogen and oxygen atoms in total. The van der Waals surface area contributed by atoms with Gasteiger partial charge < -0.3 is 14.6 Å². The molecule has 0 radical (unpaired) electrons. The minimum absolute atomic E-state index is 0.499. The second kappa shape index (κ2) is 5.05. The maximum atomic E-state index is 5.82. The summed E-state index contributed by atoms with van der Waals surface area (Å²) in [4.78, 5) is 4.26. The second-order valence-electron chi connectivity index (χ2n) is 4.98. The summed E-state index contributed by atoms with van der Waals surface area (Å²) in [6.45, 7) is 0.512. The van der Waals surface area contributed by atoms with Gasteiger partial charge >= 0.3 is 0 Å². The quantitative estimate of drug-likeness (QED) is 0.912. The highest BCUT2D eigenvalue weighted by Crippen LogP contribution is 2.33. The Balaban J connectivity index is 1.72. The molecule has 0 saturated heterocycles. The zero-order chi connectivity index (χ0) is 13.2. The van der Waals surface area contributed by atoms with E-state index in [1.54, 1.807) is 6.20 Å². The Bertz CT molecular complexity index is 577. The third-order valence-electron chi connectivity index (χ3n) is 3.83. The van der Waals surface area contributed by atoms with Crippen LogP contribution in [0.25, 0.3) is 0 Å². The number of fused-ring (bicyclic) bond motifs is 1. The monoisotopic (exact) mass is 257 g/mol. The normalized spacial score (nSPS) is 17.5. The molecule has 1 aromatic heterocycles. The van der Waals surface area contributed by atoms with Crippen LogP contribution in [-0.4, -0.2) is 16.6 Å². The number of aryl methyl sites for hydroxylation is 2. The van der Waals surface area contributed by atoms with Crippen molar-refractivity contribution < 1.29 is 4.74 Å². The smallest absolute Gasteiger partial charge is 0.146 e. The van der Waals surface area contributed by atoms with E-state index in [9.17, 15) is 0 Å². The van der Waals surface area contributed by atoms with Crippen LogP contribution in [0.1, 0.15) is 29.4 Å². The maximum absolute atomic E-state index is 5.82. The second-order valence-corrected chi connectivity index (χ2v) is 4.98. The summed E-state index contributed by atoms with van der Waals surface area (Å²) in [6, 6.07) is 6.89. The van der Waals surface area contributed by atoms with Crippen molar-refractivity contribution in [3.05, 3.63) is 47.5 Å². The van der Waals surface area contributed by atoms with E-state index in [1.807, 2.05) is 24.9 Å². The van der Waals surface area contributed by atoms with Gasteiger partial charge in [0.15, 0.2) is 0 Å². The van der Waals surface area contributed by atoms with Gasteiger partial charge in [0.05, 0.1) is 0 Å². The van der Waals surface area contributed by atoms with Crippen LogP contribution in [0.5, 0.6) is 5.75 Å². The summed E-state index contributed by atoms with van der Waals surface area (Å²) in [7, 11) is 4.00. The van der Waals surface area contributed by atoms with Gasteiger partial charge in [-0.3, -0.25) is 0 Å². The lowest BCUT2D eigenvalue weighted by Gasteiger charge is -2.11. The third-order valence-corrected chi connectivity index (χ3v) is 3.83. The Morgan fingerprint density at radius 3 is 3.11 bits per heavy atom. The molecule has 1 heterocycles. The van der Waals surface area contributed by atoms with Gasteiger partial charge in [0.25, 0.3) is 0 Å². The Morgan fingerprint density at radius 2 is 2.37 bits per heavy atom. The molecule has 4 heteroatoms. The molecule has 1 aliphatic rings. The van der Waals surface area contributed by atoms with Gasteiger partial charge in [-0.25, -0.2) is 4.98 Å². The molecule has 100 valence electrons. The van der Waals surface area contributed by atoms with Gasteiger partial charge in [0, 0.05) is 25.5 Å². The number of ether oxygens (including phenoxy) is 1. The van der Waals surface area contributed by atoms with E-state index in [0.717, 1.165) is 18.0 Å². The molecular formula is C15H19N3O. The van der Waals surface area contributed by atoms with Crippen molar-refractivity contribution in [3.63, 3.8) is 0 Å². The number of nitrogens with zero attached hydrogens (tertiary/aromatic N) is 2. The van der Waals surface area contributed by atoms with Crippen molar-refractivity contribution in [2.24, 2.45) is 7.05 Å². The van der Waals surface area contributed by atoms with Crippen molar-refractivity contribution >= 4 is 0 Å². The van der Waals surface area contributed by atoms with Crippen LogP contribution in [0.2, 0.25) is 0 Å². The van der Waals surface area contributed by atoms with Crippen molar-refractivity contribution in [2.75, 3.05) is 7.05 Å². The lowest BCUT2D eigenvalue weighted by molar-refractivity contribution is 0.291. The molecular weight excluding hydrogens is 238 g/mol. The zero-order valence-corrected chi connectivity index (χ0v) is 11.4. The van der Waals surface area contributed by atoms with Gasteiger partial charge in [0.2, 0.25) is 0 Å². The first-order chi connectivity index (χ1) is 9.28. The van der Waals surface area contributed by atoms with Gasteiger partial charge in [0.1, 0.15) is 18.2 Å². The number of benzene rings is 1. The average Bonchev–Trinajstić information content (AvgIpc) is 3.01. The minimum Gasteiger partial charge on any atom is -0.486 e. The molecule has 1 unspecified atom stereocenters. The summed E-state index contributed by atoms with van der Waals surface area (Å²) < 4.78 is 7.80. The minimum atomic E-state index is 0.499. The SMILES string of the molecule is CNC1CCc2cc(OCc3nccn3C)ccc21. The highest BCUT2D eigenvalue weighted by atomic mass is 16.5. The summed E-state index contributed by atoms with van der Waals surface area (Å²) in [5.74, 6) is 1.87. The van der Waals surface area contributed by atoms with E-state index >= 15 is 0 Å². The van der Waals surface area contributed by atoms with E-state index < -0.39 is 0 Å². The van der Waals surface area contributed by atoms with Crippen LogP contribution in [0, 0.1) is 0 Å². The zero-order valence-electron chi connectivity index (χ0n) is 11.4. The van der Waals surface area contributed by atoms with E-state index in [2.05, 4.69) is 28.5 Å². The molecule has 1 atom stereocenters. The van der Waals surface area contributed by atoms with Crippen LogP contribution in [0.4, 0.5) is 0 Å². The van der Waals surface area contributed by atoms with Gasteiger partial charge in [-0.15, -0.1) is 0 Å². The summed E-state index contributed by atoms with van der Waals surface area (Å²) in [5, 5.41) is 3.35. The lowest BCUT2D eigenvalue weighted by atomic mass is 10.1. The van der Waals surface area contributed by atoms with Crippen molar-refractivity contribution in [2.45, 2.75) is 25.5 Å². The van der Waals surface area contributed by atoms with Gasteiger partial charge in [-0.1, -0.05) is 6.07 Å². The van der Waals surface area contributed by atoms with E-state index in [0.29, 0.717) is 12.6 Å². The molecule has 0 bridgehead atoms. The first-order valence-corrected chi connectivity index (χ1v) is 6.67. The maximum Gasteiger partial charge on any atom is 0.146 e. The Kier molecular flexibility index (Phi) is 3.25. The molecule has 0 aliphatic heterocycles. The molecule has 19 heavy (non-hydrogen) atoms. The fourth-order valence-electron chi connectivity index (χ4n) is 2.67. The van der Waals surface area contributed by atoms with Gasteiger partial charge in [-0.05, 0) is 43.1 Å². The van der Waals surface area contributed by atoms with Crippen LogP contribution in [-0.2, 0) is 20.1 Å². The molecule has 0 fully saturated rings. The van der Waals surface area contributed by atoms with Crippen LogP contribution >= 0.6 is 0 Å². The van der Waals surface area contributed by atoms with Gasteiger partial charge in [-0.2, -0.15) is 0 Å². The third kappa shape index (κ3) is 2.36. The summed E-state index contributed by atoms with van der Waals surface area (Å²) in [5.41, 5.74) is 2.81. The predicted molar refractivity (Wildman–Crippen MR) is 74.1 cm³/mol. The number of hydrogen-bond acceptors (Lipinski definition) is 3. The first-order valence-electron chi connectivity index (χ1n) is 6.67. The molecule has 2 aromatic rings. The number of hydrogen-bond donors (Lipinski definition) is 1. The molecule has 1 N–H and O–H groups in total. The Morgan fingerprint density at radius 1 is 1.47 bits per heavy atom. The standard InChI is InChI=1S/C15H19N3O/c1-16-14-6-3-11-9-12(4-5-13(11)14)19-10-15-17-7-8-18(15)2/h4-5,7-9,14,16H,3,6,10H2,1-2H3. The molecule has 1 aromatic carbocycles. The molecule has 0 amide bonds. The van der Waals surface area contributed by atoms with Crippen LogP contribution < -0.4 is 10.1 Å². The number of nitrogens with one attached hydrogen (secondary N) is 1. The largest absolute Gasteiger partial charge is 0.486 e. The highest BCUT2D eigenvalue weighted by Gasteiger charge is 2.21. The number of rotatable bonds is 4. The summed E-state index contributed by atoms with van der Waals surface area (Å²) in [6.07, 6.45) is 6.02. The fraction of sp³-hybridized carbons (Fsp3) is 0.400. The number of imidazole rings is 1. The van der Waals surface area contributed by atoms with Crippen molar-refractivity contribution in [3.8, 4) is 5.75 Å². The molecule has 3 rings (SSSR count). The predicted octanol–water partition coefficient (Wildman–Crippen LogP) is 2.21. The Hall–Kier alpha value is -1.81. The molecule has 1 aliphatic carbocycles. The van der Waals surface area contributed by atoms with E-state index in [1.165, 1.54) is 17.5 Å². The number of aromatic nitrogens is 2. The topological polar surface area (TPSA) is 39.1 Å². The van der Waals surface area contributed by atoms with Crippen LogP contribution in [0.3, 0.4) is 0 Å². The van der Waals surface area contributed by atoms with Crippen LogP contribution in [0.15, 0.2) is 30.6 Å². The summed E-state index contributed by atoms with van der Waals surface area (Å²) >= 11 is 0. The van der Waals surface area contributed by atoms with Crippen molar-refractivity contribution in [1.29, 1.82) is 0 Å². The highest BCUT2D eigenvalue weighted by molar-refractivity contribution is 5.40. The molecule has 0 spiro atoms. The average molecular weight is 257 g/mol. The first kappa shape index (κ1) is 12.2.